The molecule has 0 fully saturated rings. The van der Waals surface area contributed by atoms with E-state index in [2.05, 4.69) is 0 Å². The fraction of sp³-hybridized carbons (Fsp3) is 0.182. The van der Waals surface area contributed by atoms with Crippen LogP contribution in [0.1, 0.15) is 16.8 Å². The summed E-state index contributed by atoms with van der Waals surface area (Å²) in [6.07, 6.45) is -0.840. The van der Waals surface area contributed by atoms with Crippen LogP contribution in [-0.4, -0.2) is 39.0 Å². The third kappa shape index (κ3) is 4.14. The van der Waals surface area contributed by atoms with Gasteiger partial charge in [-0.3, -0.25) is 19.7 Å². The molecule has 0 spiro atoms. The quantitative estimate of drug-likeness (QED) is 0.521. The summed E-state index contributed by atoms with van der Waals surface area (Å²) >= 11 is 5.70. The largest absolute Gasteiger partial charge is 0.481 e. The number of carbonyl (C=O) groups is 3. The molecule has 0 aliphatic carbocycles. The van der Waals surface area contributed by atoms with E-state index in [1.807, 2.05) is 5.32 Å². The molecule has 0 unspecified atom stereocenters. The van der Waals surface area contributed by atoms with Gasteiger partial charge in [0, 0.05) is 6.07 Å². The topological polar surface area (TPSA) is 147 Å². The van der Waals surface area contributed by atoms with Crippen molar-refractivity contribution in [3.63, 3.8) is 0 Å². The van der Waals surface area contributed by atoms with E-state index in [9.17, 15) is 24.5 Å². The van der Waals surface area contributed by atoms with Crippen molar-refractivity contribution in [2.75, 3.05) is 0 Å². The van der Waals surface area contributed by atoms with E-state index < -0.39 is 45.9 Å². The van der Waals surface area contributed by atoms with Gasteiger partial charge in [-0.2, -0.15) is 0 Å². The van der Waals surface area contributed by atoms with Gasteiger partial charge in [-0.25, -0.2) is 4.79 Å². The molecule has 112 valence electrons. The highest BCUT2D eigenvalue weighted by atomic mass is 35.5. The van der Waals surface area contributed by atoms with Crippen molar-refractivity contribution in [3.05, 3.63) is 38.9 Å². The first kappa shape index (κ1) is 16.4. The van der Waals surface area contributed by atoms with E-state index in [0.29, 0.717) is 0 Å². The molecule has 0 aliphatic heterocycles. The van der Waals surface area contributed by atoms with Gasteiger partial charge in [0.15, 0.2) is 0 Å². The molecule has 1 aromatic rings. The summed E-state index contributed by atoms with van der Waals surface area (Å²) in [5.41, 5.74) is -0.836. The minimum atomic E-state index is -1.68. The van der Waals surface area contributed by atoms with Crippen molar-refractivity contribution in [3.8, 4) is 0 Å². The maximum Gasteiger partial charge on any atom is 0.326 e. The van der Waals surface area contributed by atoms with Crippen molar-refractivity contribution >= 4 is 35.1 Å². The molecule has 0 bridgehead atoms. The van der Waals surface area contributed by atoms with Gasteiger partial charge >= 0.3 is 11.9 Å². The molecule has 0 radical (unpaired) electrons. The molecule has 10 heteroatoms. The summed E-state index contributed by atoms with van der Waals surface area (Å²) in [7, 11) is 0. The summed E-state index contributed by atoms with van der Waals surface area (Å²) in [5.74, 6) is -3.99. The van der Waals surface area contributed by atoms with Gasteiger partial charge in [0.05, 0.1) is 16.9 Å². The Morgan fingerprint density at radius 2 is 1.95 bits per heavy atom. The first-order valence-corrected chi connectivity index (χ1v) is 5.80. The third-order valence-corrected chi connectivity index (χ3v) is 2.80. The lowest BCUT2D eigenvalue weighted by Gasteiger charge is -2.13. The van der Waals surface area contributed by atoms with Crippen LogP contribution in [0.3, 0.4) is 0 Å². The van der Waals surface area contributed by atoms with Crippen LogP contribution in [0.15, 0.2) is 18.2 Å². The number of nitro groups is 1. The van der Waals surface area contributed by atoms with E-state index in [4.69, 9.17) is 21.8 Å². The first-order valence-electron chi connectivity index (χ1n) is 5.42. The second-order valence-electron chi connectivity index (χ2n) is 3.86. The highest BCUT2D eigenvalue weighted by molar-refractivity contribution is 6.35. The molecule has 0 aromatic heterocycles. The van der Waals surface area contributed by atoms with Gasteiger partial charge in [-0.15, -0.1) is 0 Å². The predicted molar refractivity (Wildman–Crippen MR) is 69.2 cm³/mol. The van der Waals surface area contributed by atoms with Gasteiger partial charge in [-0.1, -0.05) is 17.7 Å². The zero-order chi connectivity index (χ0) is 16.2. The normalized spacial score (nSPS) is 11.5. The zero-order valence-corrected chi connectivity index (χ0v) is 11.0. The molecule has 1 atom stereocenters. The third-order valence-electron chi connectivity index (χ3n) is 2.40. The number of rotatable bonds is 6. The molecule has 21 heavy (non-hydrogen) atoms. The lowest BCUT2D eigenvalue weighted by molar-refractivity contribution is -0.384. The minimum absolute atomic E-state index is 0.317. The summed E-state index contributed by atoms with van der Waals surface area (Å²) in [5, 5.41) is 29.5. The van der Waals surface area contributed by atoms with Crippen molar-refractivity contribution in [1.29, 1.82) is 0 Å². The number of carboxylic acid groups (broad SMARTS) is 2. The fourth-order valence-corrected chi connectivity index (χ4v) is 1.73. The maximum absolute atomic E-state index is 11.9. The highest BCUT2D eigenvalue weighted by Crippen LogP contribution is 2.27. The molecule has 0 saturated heterocycles. The van der Waals surface area contributed by atoms with Crippen LogP contribution in [0.2, 0.25) is 5.02 Å². The molecule has 1 rings (SSSR count). The fourth-order valence-electron chi connectivity index (χ4n) is 1.45. The van der Waals surface area contributed by atoms with Gasteiger partial charge in [-0.05, 0) is 6.07 Å². The average Bonchev–Trinajstić information content (AvgIpc) is 2.36. The number of aliphatic carboxylic acids is 2. The standard InChI is InChI=1S/C11H9ClN2O7/c12-9-5(2-1-3-7(9)14(20)21)10(17)13-6(11(18)19)4-8(15)16/h1-3,6H,4H2,(H,13,17)(H,15,16)(H,18,19)/t6-/m0/s1. The number of benzene rings is 1. The number of amides is 1. The lowest BCUT2D eigenvalue weighted by atomic mass is 10.1. The van der Waals surface area contributed by atoms with Crippen molar-refractivity contribution < 1.29 is 29.5 Å². The Morgan fingerprint density at radius 1 is 1.33 bits per heavy atom. The second kappa shape index (κ2) is 6.66. The van der Waals surface area contributed by atoms with E-state index >= 15 is 0 Å². The number of nitro benzene ring substituents is 1. The van der Waals surface area contributed by atoms with Crippen molar-refractivity contribution in [2.45, 2.75) is 12.5 Å². The Bertz CT molecular complexity index is 617. The molecule has 9 nitrogen and oxygen atoms in total. The minimum Gasteiger partial charge on any atom is -0.481 e. The smallest absolute Gasteiger partial charge is 0.326 e. The van der Waals surface area contributed by atoms with E-state index in [1.165, 1.54) is 6.07 Å². The van der Waals surface area contributed by atoms with Crippen LogP contribution in [0.5, 0.6) is 0 Å². The summed E-state index contributed by atoms with van der Waals surface area (Å²) in [6, 6.07) is 1.76. The number of hydrogen-bond donors (Lipinski definition) is 3. The summed E-state index contributed by atoms with van der Waals surface area (Å²) < 4.78 is 0. The molecule has 0 aliphatic rings. The van der Waals surface area contributed by atoms with Crippen LogP contribution in [0.25, 0.3) is 0 Å². The van der Waals surface area contributed by atoms with Gasteiger partial charge in [0.25, 0.3) is 11.6 Å². The lowest BCUT2D eigenvalue weighted by Crippen LogP contribution is -2.42. The maximum atomic E-state index is 11.9. The molecular formula is C11H9ClN2O7. The van der Waals surface area contributed by atoms with Crippen molar-refractivity contribution in [1.82, 2.24) is 5.32 Å². The summed E-state index contributed by atoms with van der Waals surface area (Å²) in [4.78, 5) is 43.1. The van der Waals surface area contributed by atoms with Crippen LogP contribution < -0.4 is 5.32 Å². The van der Waals surface area contributed by atoms with Crippen molar-refractivity contribution in [2.24, 2.45) is 0 Å². The average molecular weight is 317 g/mol. The van der Waals surface area contributed by atoms with Crippen LogP contribution in [0.4, 0.5) is 5.69 Å². The van der Waals surface area contributed by atoms with Crippen LogP contribution in [-0.2, 0) is 9.59 Å². The summed E-state index contributed by atoms with van der Waals surface area (Å²) in [6.45, 7) is 0. The second-order valence-corrected chi connectivity index (χ2v) is 4.24. The van der Waals surface area contributed by atoms with E-state index in [0.717, 1.165) is 12.1 Å². The Kier molecular flexibility index (Phi) is 5.19. The highest BCUT2D eigenvalue weighted by Gasteiger charge is 2.26. The Labute approximate surface area is 122 Å². The monoisotopic (exact) mass is 316 g/mol. The van der Waals surface area contributed by atoms with Gasteiger partial charge in [0.1, 0.15) is 11.1 Å². The molecule has 1 amide bonds. The van der Waals surface area contributed by atoms with E-state index in [-0.39, 0.29) is 5.56 Å². The molecule has 0 saturated carbocycles. The molecular weight excluding hydrogens is 308 g/mol. The Balaban J connectivity index is 3.03. The predicted octanol–water partition coefficient (Wildman–Crippen LogP) is 0.906. The molecule has 3 N–H and O–H groups in total. The van der Waals surface area contributed by atoms with Crippen LogP contribution in [0, 0.1) is 10.1 Å². The number of hydrogen-bond acceptors (Lipinski definition) is 5. The molecule has 0 heterocycles. The van der Waals surface area contributed by atoms with E-state index in [1.54, 1.807) is 0 Å². The number of nitrogens with one attached hydrogen (secondary N) is 1. The number of halogens is 1. The zero-order valence-electron chi connectivity index (χ0n) is 10.3. The van der Waals surface area contributed by atoms with Crippen LogP contribution >= 0.6 is 11.6 Å². The first-order chi connectivity index (χ1) is 9.73. The number of nitrogens with zero attached hydrogens (tertiary/aromatic N) is 1. The Morgan fingerprint density at radius 3 is 2.43 bits per heavy atom. The SMILES string of the molecule is O=C(O)C[C@H](NC(=O)c1cccc([N+](=O)[O-])c1Cl)C(=O)O. The van der Waals surface area contributed by atoms with Gasteiger partial charge < -0.3 is 15.5 Å². The molecule has 1 aromatic carbocycles. The number of carboxylic acids is 2. The van der Waals surface area contributed by atoms with Gasteiger partial charge in [0.2, 0.25) is 0 Å². The Hall–Kier alpha value is -2.68. The number of carbonyl (C=O) groups excluding carboxylic acids is 1.